The van der Waals surface area contributed by atoms with Crippen molar-refractivity contribution in [1.82, 2.24) is 14.5 Å². The first kappa shape index (κ1) is 23.3. The van der Waals surface area contributed by atoms with Crippen LogP contribution in [0.1, 0.15) is 38.5 Å². The van der Waals surface area contributed by atoms with Gasteiger partial charge in [-0.3, -0.25) is 9.69 Å². The number of sulfonamides is 1. The lowest BCUT2D eigenvalue weighted by molar-refractivity contribution is -0.124. The molecule has 2 aliphatic rings. The molecule has 1 N–H and O–H groups in total. The molecule has 0 spiro atoms. The van der Waals surface area contributed by atoms with Crippen molar-refractivity contribution in [3.8, 4) is 6.07 Å². The SMILES string of the molecule is N#CC1(NC(=O)CN2CCN(S(=O)(=O)c3cccc(Cl)c3Cl)CC2)CCCCCC1. The molecule has 1 aromatic rings. The molecule has 10 heteroatoms. The number of nitrogens with one attached hydrogen (secondary N) is 1. The van der Waals surface area contributed by atoms with Crippen LogP contribution >= 0.6 is 23.2 Å². The largest absolute Gasteiger partial charge is 0.337 e. The number of halogens is 2. The summed E-state index contributed by atoms with van der Waals surface area (Å²) in [6.07, 6.45) is 5.43. The summed E-state index contributed by atoms with van der Waals surface area (Å²) in [6.45, 7) is 1.49. The molecule has 1 heterocycles. The van der Waals surface area contributed by atoms with Gasteiger partial charge in [-0.25, -0.2) is 8.42 Å². The highest BCUT2D eigenvalue weighted by Gasteiger charge is 2.34. The van der Waals surface area contributed by atoms with Gasteiger partial charge >= 0.3 is 0 Å². The van der Waals surface area contributed by atoms with E-state index >= 15 is 0 Å². The molecule has 0 atom stereocenters. The molecule has 0 radical (unpaired) electrons. The zero-order chi connectivity index (χ0) is 21.8. The molecule has 0 aromatic heterocycles. The Hall–Kier alpha value is -1.37. The average molecular weight is 473 g/mol. The minimum absolute atomic E-state index is 0.00724. The third-order valence-electron chi connectivity index (χ3n) is 5.78. The van der Waals surface area contributed by atoms with Crippen LogP contribution in [0.2, 0.25) is 10.0 Å². The van der Waals surface area contributed by atoms with Crippen LogP contribution in [-0.4, -0.2) is 61.8 Å². The second-order valence-corrected chi connectivity index (χ2v) is 10.6. The van der Waals surface area contributed by atoms with Crippen molar-refractivity contribution in [3.63, 3.8) is 0 Å². The zero-order valence-corrected chi connectivity index (χ0v) is 19.1. The van der Waals surface area contributed by atoms with E-state index in [1.54, 1.807) is 12.1 Å². The lowest BCUT2D eigenvalue weighted by atomic mass is 9.92. The van der Waals surface area contributed by atoms with Gasteiger partial charge < -0.3 is 5.32 Å². The molecule has 1 saturated heterocycles. The number of piperazine rings is 1. The highest BCUT2D eigenvalue weighted by Crippen LogP contribution is 2.31. The van der Waals surface area contributed by atoms with Crippen molar-refractivity contribution in [2.75, 3.05) is 32.7 Å². The highest BCUT2D eigenvalue weighted by molar-refractivity contribution is 7.89. The van der Waals surface area contributed by atoms with E-state index in [1.165, 1.54) is 10.4 Å². The monoisotopic (exact) mass is 472 g/mol. The Labute approximate surface area is 188 Å². The van der Waals surface area contributed by atoms with Crippen molar-refractivity contribution in [2.24, 2.45) is 0 Å². The Balaban J connectivity index is 1.57. The topological polar surface area (TPSA) is 93.5 Å². The van der Waals surface area contributed by atoms with Crippen molar-refractivity contribution < 1.29 is 13.2 Å². The van der Waals surface area contributed by atoms with E-state index in [0.717, 1.165) is 25.7 Å². The normalized spacial score (nSPS) is 20.8. The number of carbonyl (C=O) groups is 1. The molecule has 30 heavy (non-hydrogen) atoms. The molecule has 1 aromatic carbocycles. The summed E-state index contributed by atoms with van der Waals surface area (Å²) in [5.41, 5.74) is -0.776. The van der Waals surface area contributed by atoms with E-state index in [1.807, 2.05) is 4.90 Å². The average Bonchev–Trinajstić information content (AvgIpc) is 2.96. The summed E-state index contributed by atoms with van der Waals surface area (Å²) >= 11 is 12.1. The Morgan fingerprint density at radius 3 is 2.33 bits per heavy atom. The molecular formula is C20H26Cl2N4O3S. The van der Waals surface area contributed by atoms with Crippen molar-refractivity contribution in [2.45, 2.75) is 49.0 Å². The summed E-state index contributed by atoms with van der Waals surface area (Å²) < 4.78 is 27.2. The molecule has 0 unspecified atom stereocenters. The van der Waals surface area contributed by atoms with Crippen LogP contribution in [0, 0.1) is 11.3 Å². The van der Waals surface area contributed by atoms with Crippen LogP contribution in [0.5, 0.6) is 0 Å². The second kappa shape index (κ2) is 9.84. The molecule has 1 aliphatic carbocycles. The first-order chi connectivity index (χ1) is 14.3. The number of benzene rings is 1. The van der Waals surface area contributed by atoms with Gasteiger partial charge in [0.05, 0.1) is 22.7 Å². The molecule has 1 aliphatic heterocycles. The van der Waals surface area contributed by atoms with E-state index in [9.17, 15) is 18.5 Å². The minimum Gasteiger partial charge on any atom is -0.337 e. The molecule has 0 bridgehead atoms. The second-order valence-electron chi connectivity index (χ2n) is 7.89. The third-order valence-corrected chi connectivity index (χ3v) is 8.65. The number of amides is 1. The van der Waals surface area contributed by atoms with Gasteiger partial charge in [0.1, 0.15) is 10.4 Å². The van der Waals surface area contributed by atoms with Crippen LogP contribution in [-0.2, 0) is 14.8 Å². The van der Waals surface area contributed by atoms with Gasteiger partial charge in [-0.05, 0) is 25.0 Å². The van der Waals surface area contributed by atoms with Crippen molar-refractivity contribution >= 4 is 39.1 Å². The van der Waals surface area contributed by atoms with Crippen LogP contribution in [0.3, 0.4) is 0 Å². The Morgan fingerprint density at radius 2 is 1.73 bits per heavy atom. The maximum absolute atomic E-state index is 12.9. The summed E-state index contributed by atoms with van der Waals surface area (Å²) in [4.78, 5) is 14.5. The quantitative estimate of drug-likeness (QED) is 0.664. The Bertz CT molecular complexity index is 916. The Kier molecular flexibility index (Phi) is 7.64. The molecule has 1 saturated carbocycles. The van der Waals surface area contributed by atoms with Crippen molar-refractivity contribution in [3.05, 3.63) is 28.2 Å². The fourth-order valence-corrected chi connectivity index (χ4v) is 6.21. The fraction of sp³-hybridized carbons (Fsp3) is 0.600. The standard InChI is InChI=1S/C20H26Cl2N4O3S/c21-16-6-5-7-17(19(16)22)30(28,29)26-12-10-25(11-13-26)14-18(27)24-20(15-23)8-3-1-2-4-9-20/h5-7H,1-4,8-14H2,(H,24,27). The molecule has 2 fully saturated rings. The molecule has 1 amide bonds. The smallest absolute Gasteiger partial charge is 0.244 e. The first-order valence-electron chi connectivity index (χ1n) is 10.2. The van der Waals surface area contributed by atoms with Crippen LogP contribution < -0.4 is 5.32 Å². The number of hydrogen-bond acceptors (Lipinski definition) is 5. The lowest BCUT2D eigenvalue weighted by Crippen LogP contribution is -2.54. The molecular weight excluding hydrogens is 447 g/mol. The van der Waals surface area contributed by atoms with Gasteiger partial charge in [-0.1, -0.05) is 55.0 Å². The van der Waals surface area contributed by atoms with E-state index in [2.05, 4.69) is 11.4 Å². The first-order valence-corrected chi connectivity index (χ1v) is 12.4. The maximum Gasteiger partial charge on any atom is 0.244 e. The highest BCUT2D eigenvalue weighted by atomic mass is 35.5. The van der Waals surface area contributed by atoms with E-state index in [0.29, 0.717) is 25.9 Å². The van der Waals surface area contributed by atoms with E-state index in [-0.39, 0.29) is 40.5 Å². The summed E-state index contributed by atoms with van der Waals surface area (Å²) in [5, 5.41) is 12.8. The van der Waals surface area contributed by atoms with Crippen molar-refractivity contribution in [1.29, 1.82) is 5.26 Å². The predicted molar refractivity (Wildman–Crippen MR) is 116 cm³/mol. The summed E-state index contributed by atoms with van der Waals surface area (Å²) in [5.74, 6) is -0.187. The van der Waals surface area contributed by atoms with Crippen LogP contribution in [0.15, 0.2) is 23.1 Å². The molecule has 164 valence electrons. The molecule has 7 nitrogen and oxygen atoms in total. The summed E-state index contributed by atoms with van der Waals surface area (Å²) in [6, 6.07) is 6.86. The maximum atomic E-state index is 12.9. The number of hydrogen-bond donors (Lipinski definition) is 1. The Morgan fingerprint density at radius 1 is 1.10 bits per heavy atom. The van der Waals surface area contributed by atoms with Gasteiger partial charge in [0.25, 0.3) is 0 Å². The van der Waals surface area contributed by atoms with Gasteiger partial charge in [-0.2, -0.15) is 9.57 Å². The number of nitriles is 1. The van der Waals surface area contributed by atoms with Crippen LogP contribution in [0.25, 0.3) is 0 Å². The van der Waals surface area contributed by atoms with Gasteiger partial charge in [0.2, 0.25) is 15.9 Å². The third kappa shape index (κ3) is 5.27. The lowest BCUT2D eigenvalue weighted by Gasteiger charge is -2.34. The van der Waals surface area contributed by atoms with Crippen LogP contribution in [0.4, 0.5) is 0 Å². The van der Waals surface area contributed by atoms with Gasteiger partial charge in [-0.15, -0.1) is 0 Å². The van der Waals surface area contributed by atoms with E-state index < -0.39 is 15.6 Å². The predicted octanol–water partition coefficient (Wildman–Crippen LogP) is 3.03. The minimum atomic E-state index is -3.76. The van der Waals surface area contributed by atoms with Gasteiger partial charge in [0, 0.05) is 26.2 Å². The summed E-state index contributed by atoms with van der Waals surface area (Å²) in [7, 11) is -3.76. The molecule has 3 rings (SSSR count). The van der Waals surface area contributed by atoms with E-state index in [4.69, 9.17) is 23.2 Å². The zero-order valence-electron chi connectivity index (χ0n) is 16.7. The number of nitrogens with zero attached hydrogens (tertiary/aromatic N) is 3. The van der Waals surface area contributed by atoms with Gasteiger partial charge in [0.15, 0.2) is 0 Å². The number of carbonyl (C=O) groups excluding carboxylic acids is 1. The fourth-order valence-electron chi connectivity index (χ4n) is 4.06. The number of rotatable bonds is 5.